The van der Waals surface area contributed by atoms with E-state index in [1.807, 2.05) is 0 Å². The van der Waals surface area contributed by atoms with E-state index in [-0.39, 0.29) is 24.5 Å². The molecule has 0 spiro atoms. The Morgan fingerprint density at radius 2 is 1.97 bits per heavy atom. The van der Waals surface area contributed by atoms with E-state index in [0.29, 0.717) is 17.6 Å². The number of carbonyl (C=O) groups is 1. The minimum Gasteiger partial charge on any atom is -0.505 e. The maximum absolute atomic E-state index is 13.4. The molecule has 3 aromatic heterocycles. The van der Waals surface area contributed by atoms with E-state index in [9.17, 15) is 19.1 Å². The van der Waals surface area contributed by atoms with Gasteiger partial charge in [0.2, 0.25) is 0 Å². The van der Waals surface area contributed by atoms with Crippen molar-refractivity contribution in [1.82, 2.24) is 19.9 Å². The molecular weight excluding hydrogens is 427 g/mol. The molecule has 168 valence electrons. The number of hydrogen-bond donors (Lipinski definition) is 2. The molecule has 4 rings (SSSR count). The first-order chi connectivity index (χ1) is 16.0. The minimum absolute atomic E-state index is 0.0956. The van der Waals surface area contributed by atoms with Gasteiger partial charge in [0.05, 0.1) is 24.0 Å². The maximum Gasteiger partial charge on any atom is 0.272 e. The van der Waals surface area contributed by atoms with Crippen LogP contribution < -0.4 is 10.9 Å². The molecule has 9 heteroatoms. The number of ether oxygens (including phenoxy) is 1. The molecule has 3 heterocycles. The fourth-order valence-corrected chi connectivity index (χ4v) is 3.53. The van der Waals surface area contributed by atoms with Gasteiger partial charge in [-0.2, -0.15) is 0 Å². The van der Waals surface area contributed by atoms with Crippen molar-refractivity contribution in [3.8, 4) is 11.4 Å². The van der Waals surface area contributed by atoms with Crippen LogP contribution in [0, 0.1) is 5.82 Å². The molecule has 8 nitrogen and oxygen atoms in total. The van der Waals surface area contributed by atoms with Gasteiger partial charge in [-0.1, -0.05) is 12.1 Å². The van der Waals surface area contributed by atoms with Crippen LogP contribution in [0.3, 0.4) is 0 Å². The molecule has 33 heavy (non-hydrogen) atoms. The molecule has 0 aliphatic heterocycles. The van der Waals surface area contributed by atoms with Gasteiger partial charge in [0.15, 0.2) is 5.75 Å². The van der Waals surface area contributed by atoms with E-state index in [1.165, 1.54) is 30.0 Å². The van der Waals surface area contributed by atoms with Gasteiger partial charge in [-0.15, -0.1) is 0 Å². The monoisotopic (exact) mass is 448 g/mol. The average Bonchev–Trinajstić information content (AvgIpc) is 2.81. The normalized spacial score (nSPS) is 11.0. The zero-order valence-corrected chi connectivity index (χ0v) is 17.8. The van der Waals surface area contributed by atoms with Crippen molar-refractivity contribution in [3.63, 3.8) is 0 Å². The lowest BCUT2D eigenvalue weighted by Gasteiger charge is -2.15. The number of carbonyl (C=O) groups excluding carboxylic acids is 1. The fraction of sp³-hybridized carbons (Fsp3) is 0.167. The molecule has 0 unspecified atom stereocenters. The number of fused-ring (bicyclic) bond motifs is 1. The minimum atomic E-state index is -0.730. The van der Waals surface area contributed by atoms with E-state index in [2.05, 4.69) is 15.3 Å². The number of pyridine rings is 3. The summed E-state index contributed by atoms with van der Waals surface area (Å²) < 4.78 is 19.5. The van der Waals surface area contributed by atoms with Crippen molar-refractivity contribution < 1.29 is 19.0 Å². The number of halogens is 1. The predicted octanol–water partition coefficient (Wildman–Crippen LogP) is 2.59. The Kier molecular flexibility index (Phi) is 6.41. The molecule has 0 fully saturated rings. The molecule has 0 atom stereocenters. The number of aromatic hydroxyl groups is 1. The number of benzene rings is 1. The molecule has 0 aliphatic rings. The molecule has 0 saturated carbocycles. The first-order valence-corrected chi connectivity index (χ1v) is 10.2. The summed E-state index contributed by atoms with van der Waals surface area (Å²) in [6.07, 6.45) is 5.03. The summed E-state index contributed by atoms with van der Waals surface area (Å²) in [6, 6.07) is 11.1. The summed E-state index contributed by atoms with van der Waals surface area (Å²) in [6.45, 7) is 0.422. The Balaban J connectivity index is 1.88. The Bertz CT molecular complexity index is 1360. The number of hydrogen-bond acceptors (Lipinski definition) is 6. The average molecular weight is 448 g/mol. The van der Waals surface area contributed by atoms with Gasteiger partial charge in [-0.05, 0) is 47.9 Å². The van der Waals surface area contributed by atoms with Crippen molar-refractivity contribution >= 4 is 16.9 Å². The second kappa shape index (κ2) is 9.58. The lowest BCUT2D eigenvalue weighted by Crippen LogP contribution is -2.34. The van der Waals surface area contributed by atoms with Crippen LogP contribution in [0.1, 0.15) is 21.5 Å². The highest BCUT2D eigenvalue weighted by atomic mass is 19.1. The molecule has 0 bridgehead atoms. The standard InChI is InChI=1S/C24H21FN4O4/c1-33-10-9-27-23(31)20-22(30)21-19(29(24(20)32)18-3-2-8-26-14-18)12-16(13-28-21)11-15-4-6-17(25)7-5-15/h2-8,12-14,30H,9-11H2,1H3,(H,27,31). The molecule has 1 amide bonds. The Morgan fingerprint density at radius 1 is 1.18 bits per heavy atom. The van der Waals surface area contributed by atoms with Crippen LogP contribution in [0.2, 0.25) is 0 Å². The van der Waals surface area contributed by atoms with Gasteiger partial charge >= 0.3 is 0 Å². The molecule has 0 radical (unpaired) electrons. The van der Waals surface area contributed by atoms with Gasteiger partial charge in [0.1, 0.15) is 16.9 Å². The van der Waals surface area contributed by atoms with Gasteiger partial charge in [-0.3, -0.25) is 24.1 Å². The largest absolute Gasteiger partial charge is 0.505 e. The number of amides is 1. The Morgan fingerprint density at radius 3 is 2.67 bits per heavy atom. The fourth-order valence-electron chi connectivity index (χ4n) is 3.53. The van der Waals surface area contributed by atoms with Crippen LogP contribution in [0.4, 0.5) is 4.39 Å². The third-order valence-corrected chi connectivity index (χ3v) is 5.09. The molecule has 2 N–H and O–H groups in total. The Labute approximate surface area is 188 Å². The lowest BCUT2D eigenvalue weighted by molar-refractivity contribution is 0.0933. The summed E-state index contributed by atoms with van der Waals surface area (Å²) in [4.78, 5) is 34.5. The summed E-state index contributed by atoms with van der Waals surface area (Å²) in [5.41, 5.74) is 1.30. The van der Waals surface area contributed by atoms with E-state index in [0.717, 1.165) is 11.1 Å². The summed E-state index contributed by atoms with van der Waals surface area (Å²) in [5.74, 6) is -1.56. The maximum atomic E-state index is 13.4. The highest BCUT2D eigenvalue weighted by Gasteiger charge is 2.24. The second-order valence-electron chi connectivity index (χ2n) is 7.34. The summed E-state index contributed by atoms with van der Waals surface area (Å²) in [7, 11) is 1.49. The summed E-state index contributed by atoms with van der Waals surface area (Å²) >= 11 is 0. The van der Waals surface area contributed by atoms with Crippen LogP contribution in [-0.4, -0.2) is 45.8 Å². The summed E-state index contributed by atoms with van der Waals surface area (Å²) in [5, 5.41) is 13.4. The number of nitrogens with one attached hydrogen (secondary N) is 1. The van der Waals surface area contributed by atoms with Gasteiger partial charge in [-0.25, -0.2) is 4.39 Å². The van der Waals surface area contributed by atoms with Crippen LogP contribution >= 0.6 is 0 Å². The highest BCUT2D eigenvalue weighted by molar-refractivity contribution is 6.01. The van der Waals surface area contributed by atoms with Crippen molar-refractivity contribution in [2.24, 2.45) is 0 Å². The lowest BCUT2D eigenvalue weighted by atomic mass is 10.0. The second-order valence-corrected chi connectivity index (χ2v) is 7.34. The first-order valence-electron chi connectivity index (χ1n) is 10.2. The van der Waals surface area contributed by atoms with Crippen molar-refractivity contribution in [2.75, 3.05) is 20.3 Å². The third-order valence-electron chi connectivity index (χ3n) is 5.09. The van der Waals surface area contributed by atoms with Crippen molar-refractivity contribution in [2.45, 2.75) is 6.42 Å². The number of methoxy groups -OCH3 is 1. The smallest absolute Gasteiger partial charge is 0.272 e. The highest BCUT2D eigenvalue weighted by Crippen LogP contribution is 2.27. The van der Waals surface area contributed by atoms with Crippen LogP contribution in [0.25, 0.3) is 16.7 Å². The Hall–Kier alpha value is -4.11. The molecular formula is C24H21FN4O4. The van der Waals surface area contributed by atoms with E-state index in [4.69, 9.17) is 4.74 Å². The number of aromatic nitrogens is 3. The van der Waals surface area contributed by atoms with E-state index in [1.54, 1.807) is 42.7 Å². The van der Waals surface area contributed by atoms with Gasteiger partial charge in [0.25, 0.3) is 11.5 Å². The topological polar surface area (TPSA) is 106 Å². The number of nitrogens with zero attached hydrogens (tertiary/aromatic N) is 3. The molecule has 0 saturated heterocycles. The SMILES string of the molecule is COCCNC(=O)c1c(O)c2ncc(Cc3ccc(F)cc3)cc2n(-c2cccnc2)c1=O. The van der Waals surface area contributed by atoms with Crippen LogP contribution in [-0.2, 0) is 11.2 Å². The number of rotatable bonds is 7. The van der Waals surface area contributed by atoms with Crippen LogP contribution in [0.15, 0.2) is 65.8 Å². The van der Waals surface area contributed by atoms with Gasteiger partial charge in [0, 0.05) is 26.0 Å². The quantitative estimate of drug-likeness (QED) is 0.421. The molecule has 1 aromatic carbocycles. The van der Waals surface area contributed by atoms with Crippen molar-refractivity contribution in [3.05, 3.63) is 93.9 Å². The zero-order valence-electron chi connectivity index (χ0n) is 17.8. The van der Waals surface area contributed by atoms with Crippen LogP contribution in [0.5, 0.6) is 5.75 Å². The van der Waals surface area contributed by atoms with Crippen molar-refractivity contribution in [1.29, 1.82) is 0 Å². The predicted molar refractivity (Wildman–Crippen MR) is 120 cm³/mol. The molecule has 0 aliphatic carbocycles. The van der Waals surface area contributed by atoms with E-state index < -0.39 is 22.8 Å². The first kappa shape index (κ1) is 22.1. The van der Waals surface area contributed by atoms with E-state index >= 15 is 0 Å². The van der Waals surface area contributed by atoms with Gasteiger partial charge < -0.3 is 15.2 Å². The molecule has 4 aromatic rings. The zero-order chi connectivity index (χ0) is 23.4. The third kappa shape index (κ3) is 4.58.